The first kappa shape index (κ1) is 21.9. The highest BCUT2D eigenvalue weighted by molar-refractivity contribution is 7.36. The number of nitrogens with zero attached hydrogens (tertiary/aromatic N) is 4. The van der Waals surface area contributed by atoms with Crippen molar-refractivity contribution in [1.82, 2.24) is 24.6 Å². The van der Waals surface area contributed by atoms with Crippen LogP contribution in [0.15, 0.2) is 6.33 Å². The molecule has 5 atom stereocenters. The van der Waals surface area contributed by atoms with Crippen molar-refractivity contribution in [2.24, 2.45) is 0 Å². The molecular formula is C16H19FN6O6P+. The Labute approximate surface area is 170 Å². The molecule has 2 aromatic heterocycles. The van der Waals surface area contributed by atoms with Crippen LogP contribution in [-0.4, -0.2) is 62.1 Å². The number of rotatable bonds is 7. The average Bonchev–Trinajstić information content (AvgIpc) is 3.27. The summed E-state index contributed by atoms with van der Waals surface area (Å²) in [6, 6.07) is -0.889. The molecule has 0 spiro atoms. The lowest BCUT2D eigenvalue weighted by molar-refractivity contribution is -0.142. The molecule has 0 radical (unpaired) electrons. The fraction of sp³-hybridized carbons (Fsp3) is 0.500. The minimum Gasteiger partial charge on any atom is -0.468 e. The van der Waals surface area contributed by atoms with Crippen molar-refractivity contribution in [1.29, 1.82) is 0 Å². The summed E-state index contributed by atoms with van der Waals surface area (Å²) >= 11 is 0. The number of fused-ring (bicyclic) bond motifs is 1. The van der Waals surface area contributed by atoms with Crippen LogP contribution in [0.1, 0.15) is 19.6 Å². The van der Waals surface area contributed by atoms with Crippen LogP contribution in [0, 0.1) is 18.4 Å². The predicted octanol–water partition coefficient (Wildman–Crippen LogP) is 0.0245. The van der Waals surface area contributed by atoms with Crippen LogP contribution in [0.2, 0.25) is 0 Å². The monoisotopic (exact) mass is 441 g/mol. The van der Waals surface area contributed by atoms with Gasteiger partial charge in [0.05, 0.1) is 13.4 Å². The Balaban J connectivity index is 1.75. The summed E-state index contributed by atoms with van der Waals surface area (Å²) in [4.78, 5) is 22.5. The molecule has 1 saturated heterocycles. The second-order valence-electron chi connectivity index (χ2n) is 6.46. The third kappa shape index (κ3) is 4.09. The van der Waals surface area contributed by atoms with E-state index in [4.69, 9.17) is 21.4 Å². The maximum atomic E-state index is 13.6. The Morgan fingerprint density at radius 1 is 1.67 bits per heavy atom. The van der Waals surface area contributed by atoms with E-state index in [1.807, 2.05) is 0 Å². The molecule has 1 fully saturated rings. The zero-order valence-electron chi connectivity index (χ0n) is 16.0. The Morgan fingerprint density at radius 3 is 3.07 bits per heavy atom. The van der Waals surface area contributed by atoms with Crippen LogP contribution in [-0.2, 0) is 23.4 Å². The highest BCUT2D eigenvalue weighted by atomic mass is 31.1. The molecule has 3 rings (SSSR count). The van der Waals surface area contributed by atoms with Gasteiger partial charge in [0.1, 0.15) is 25.0 Å². The van der Waals surface area contributed by atoms with Gasteiger partial charge in [-0.1, -0.05) is 11.0 Å². The number of aromatic nitrogens is 4. The highest BCUT2D eigenvalue weighted by Gasteiger charge is 2.50. The summed E-state index contributed by atoms with van der Waals surface area (Å²) in [6.07, 6.45) is 3.72. The second-order valence-corrected chi connectivity index (χ2v) is 7.49. The molecule has 4 N–H and O–H groups in total. The predicted molar refractivity (Wildman–Crippen MR) is 100 cm³/mol. The maximum Gasteiger partial charge on any atom is 0.613 e. The Morgan fingerprint density at radius 2 is 2.40 bits per heavy atom. The number of carbonyl (C=O) groups excluding carboxylic acids is 1. The third-order valence-corrected chi connectivity index (χ3v) is 5.50. The molecule has 14 heteroatoms. The molecular weight excluding hydrogens is 422 g/mol. The number of terminal acetylenes is 1. The number of ether oxygens (including phenoxy) is 2. The number of esters is 1. The number of nitrogens with one attached hydrogen (secondary N) is 1. The first-order valence-corrected chi connectivity index (χ1v) is 9.82. The molecule has 1 aliphatic rings. The Hall–Kier alpha value is -2.75. The summed E-state index contributed by atoms with van der Waals surface area (Å²) in [6.45, 7) is 0.989. The minimum atomic E-state index is -2.52. The molecule has 12 nitrogen and oxygen atoms in total. The molecule has 0 aromatic carbocycles. The van der Waals surface area contributed by atoms with Crippen molar-refractivity contribution >= 4 is 31.1 Å². The summed E-state index contributed by atoms with van der Waals surface area (Å²) in [5.74, 6) is 1.54. The number of hydrogen-bond acceptors (Lipinski definition) is 10. The van der Waals surface area contributed by atoms with Gasteiger partial charge in [-0.3, -0.25) is 9.36 Å². The minimum absolute atomic E-state index is 0.00663. The topological polar surface area (TPSA) is 164 Å². The zero-order valence-corrected chi connectivity index (χ0v) is 16.9. The van der Waals surface area contributed by atoms with Gasteiger partial charge in [-0.05, 0) is 11.5 Å². The van der Waals surface area contributed by atoms with Crippen LogP contribution < -0.4 is 10.8 Å². The second kappa shape index (κ2) is 8.55. The van der Waals surface area contributed by atoms with Crippen LogP contribution in [0.3, 0.4) is 0 Å². The molecule has 0 saturated carbocycles. The van der Waals surface area contributed by atoms with E-state index < -0.39 is 50.8 Å². The number of carbonyl (C=O) groups is 1. The van der Waals surface area contributed by atoms with E-state index in [1.165, 1.54) is 24.9 Å². The normalized spacial score (nSPS) is 25.1. The Bertz CT molecular complexity index is 1030. The summed E-state index contributed by atoms with van der Waals surface area (Å²) in [5.41, 5.74) is 4.21. The highest BCUT2D eigenvalue weighted by Crippen LogP contribution is 2.39. The first-order valence-electron chi connectivity index (χ1n) is 8.64. The van der Waals surface area contributed by atoms with E-state index in [9.17, 15) is 18.9 Å². The third-order valence-electron chi connectivity index (χ3n) is 4.54. The van der Waals surface area contributed by atoms with Crippen LogP contribution in [0.25, 0.3) is 11.2 Å². The van der Waals surface area contributed by atoms with Gasteiger partial charge in [0, 0.05) is 6.42 Å². The van der Waals surface area contributed by atoms with E-state index in [1.54, 1.807) is 0 Å². The molecule has 1 aliphatic heterocycles. The largest absolute Gasteiger partial charge is 0.613 e. The number of nitrogen functional groups attached to an aromatic ring is 1. The van der Waals surface area contributed by atoms with Gasteiger partial charge in [-0.25, -0.2) is 4.98 Å². The average molecular weight is 441 g/mol. The molecule has 2 aromatic rings. The number of anilines is 1. The van der Waals surface area contributed by atoms with Crippen molar-refractivity contribution in [3.05, 3.63) is 12.4 Å². The number of imidazole rings is 1. The number of halogens is 1. The fourth-order valence-corrected chi connectivity index (χ4v) is 3.73. The van der Waals surface area contributed by atoms with Gasteiger partial charge < -0.3 is 20.3 Å². The lowest BCUT2D eigenvalue weighted by Gasteiger charge is -2.23. The van der Waals surface area contributed by atoms with Crippen molar-refractivity contribution in [3.63, 3.8) is 0 Å². The molecule has 160 valence electrons. The van der Waals surface area contributed by atoms with Gasteiger partial charge >= 0.3 is 20.2 Å². The number of aliphatic hydroxyl groups excluding tert-OH is 1. The summed E-state index contributed by atoms with van der Waals surface area (Å²) in [7, 11) is -1.33. The maximum absolute atomic E-state index is 13.6. The summed E-state index contributed by atoms with van der Waals surface area (Å²) < 4.78 is 42.5. The number of hydrogen-bond donors (Lipinski definition) is 3. The Kier molecular flexibility index (Phi) is 6.25. The SMILES string of the molecule is C#C[C@]1(CO[P+](=O)N[C@@H](C)C(=O)OC)O[C@@H](n2cnc3c(N)nc(F)nc32)C[C@@H]1O. The van der Waals surface area contributed by atoms with E-state index in [0.29, 0.717) is 0 Å². The van der Waals surface area contributed by atoms with Gasteiger partial charge in [0.2, 0.25) is 0 Å². The molecule has 1 unspecified atom stereocenters. The van der Waals surface area contributed by atoms with Crippen molar-refractivity contribution in [2.45, 2.75) is 37.3 Å². The van der Waals surface area contributed by atoms with Gasteiger partial charge in [-0.2, -0.15) is 14.4 Å². The number of methoxy groups -OCH3 is 1. The quantitative estimate of drug-likeness (QED) is 0.230. The van der Waals surface area contributed by atoms with Crippen molar-refractivity contribution < 1.29 is 32.9 Å². The van der Waals surface area contributed by atoms with Crippen molar-refractivity contribution in [3.8, 4) is 12.3 Å². The molecule has 0 bridgehead atoms. The first-order chi connectivity index (χ1) is 14.2. The zero-order chi connectivity index (χ0) is 22.1. The number of nitrogens with two attached hydrogens (primary N) is 1. The van der Waals surface area contributed by atoms with E-state index in [2.05, 4.69) is 30.7 Å². The van der Waals surface area contributed by atoms with E-state index in [0.717, 1.165) is 0 Å². The lowest BCUT2D eigenvalue weighted by atomic mass is 9.99. The van der Waals surface area contributed by atoms with Gasteiger partial charge in [0.25, 0.3) is 0 Å². The van der Waals surface area contributed by atoms with Crippen LogP contribution in [0.5, 0.6) is 0 Å². The smallest absolute Gasteiger partial charge is 0.468 e. The number of aliphatic hydroxyl groups is 1. The standard InChI is InChI=1S/C16H19FN6O6P/c1-4-16(6-28-30(26)22-8(2)14(25)27-3)9(24)5-10(29-16)23-7-19-11-12(18)20-15(17)21-13(11)23/h1,7-10,24H,5-6H2,2-3H3,(H,22,26)(H2,18,20,21)/q+1/t8-,9-,10+,16+/m0/s1. The van der Waals surface area contributed by atoms with Crippen molar-refractivity contribution in [2.75, 3.05) is 19.5 Å². The lowest BCUT2D eigenvalue weighted by Crippen LogP contribution is -2.42. The molecule has 0 aliphatic carbocycles. The fourth-order valence-electron chi connectivity index (χ4n) is 2.92. The molecule has 0 amide bonds. The van der Waals surface area contributed by atoms with Gasteiger partial charge in [-0.15, -0.1) is 10.9 Å². The van der Waals surface area contributed by atoms with Gasteiger partial charge in [0.15, 0.2) is 22.6 Å². The van der Waals surface area contributed by atoms with Crippen LogP contribution >= 0.6 is 8.18 Å². The van der Waals surface area contributed by atoms with Crippen LogP contribution in [0.4, 0.5) is 10.2 Å². The molecule has 3 heterocycles. The van der Waals surface area contributed by atoms with E-state index >= 15 is 0 Å². The van der Waals surface area contributed by atoms with E-state index in [-0.39, 0.29) is 23.4 Å². The molecule has 30 heavy (non-hydrogen) atoms. The summed E-state index contributed by atoms with van der Waals surface area (Å²) in [5, 5.41) is 12.9.